The van der Waals surface area contributed by atoms with Crippen LogP contribution in [0, 0.1) is 4.77 Å². The van der Waals surface area contributed by atoms with E-state index < -0.39 is 0 Å². The Morgan fingerprint density at radius 2 is 1.90 bits per heavy atom. The van der Waals surface area contributed by atoms with Crippen molar-refractivity contribution < 1.29 is 9.47 Å². The highest BCUT2D eigenvalue weighted by Gasteiger charge is 2.22. The van der Waals surface area contributed by atoms with E-state index >= 15 is 0 Å². The van der Waals surface area contributed by atoms with E-state index in [1.165, 1.54) is 0 Å². The minimum atomic E-state index is -0.0334. The van der Waals surface area contributed by atoms with Crippen LogP contribution in [0.1, 0.15) is 31.7 Å². The molecule has 0 amide bonds. The standard InChI is InChI=1S/C14H14N2O3S/c17-13-9-5-11-12(19-7-18-11)6-10(9)15-14(20)16(13)8-3-1-2-4-8/h5-6,8H,1-4,7H2,(H,15,20). The van der Waals surface area contributed by atoms with Gasteiger partial charge in [-0.05, 0) is 31.1 Å². The Bertz CT molecular complexity index is 802. The van der Waals surface area contributed by atoms with E-state index in [4.69, 9.17) is 21.7 Å². The lowest BCUT2D eigenvalue weighted by molar-refractivity contribution is 0.174. The lowest BCUT2D eigenvalue weighted by Gasteiger charge is -2.14. The highest BCUT2D eigenvalue weighted by atomic mass is 32.1. The molecule has 1 aromatic heterocycles. The molecular formula is C14H14N2O3S. The van der Waals surface area contributed by atoms with Crippen molar-refractivity contribution in [2.75, 3.05) is 6.79 Å². The molecule has 0 atom stereocenters. The molecule has 1 N–H and O–H groups in total. The second-order valence-electron chi connectivity index (χ2n) is 5.29. The molecule has 1 aliphatic heterocycles. The van der Waals surface area contributed by atoms with E-state index in [2.05, 4.69) is 4.98 Å². The van der Waals surface area contributed by atoms with Crippen molar-refractivity contribution in [3.8, 4) is 11.5 Å². The molecule has 0 radical (unpaired) electrons. The molecule has 1 aromatic carbocycles. The zero-order chi connectivity index (χ0) is 13.7. The van der Waals surface area contributed by atoms with Crippen LogP contribution in [0.3, 0.4) is 0 Å². The van der Waals surface area contributed by atoms with Gasteiger partial charge >= 0.3 is 0 Å². The van der Waals surface area contributed by atoms with Gasteiger partial charge < -0.3 is 14.5 Å². The van der Waals surface area contributed by atoms with Crippen LogP contribution in [-0.2, 0) is 0 Å². The maximum Gasteiger partial charge on any atom is 0.262 e. The van der Waals surface area contributed by atoms with Crippen molar-refractivity contribution in [2.24, 2.45) is 0 Å². The summed E-state index contributed by atoms with van der Waals surface area (Å²) in [5, 5.41) is 0.606. The number of nitrogens with zero attached hydrogens (tertiary/aromatic N) is 1. The van der Waals surface area contributed by atoms with Gasteiger partial charge in [-0.1, -0.05) is 12.8 Å². The minimum Gasteiger partial charge on any atom is -0.454 e. The summed E-state index contributed by atoms with van der Waals surface area (Å²) in [5.74, 6) is 1.28. The van der Waals surface area contributed by atoms with Crippen molar-refractivity contribution >= 4 is 23.1 Å². The number of H-pyrrole nitrogens is 1. The van der Waals surface area contributed by atoms with Crippen molar-refractivity contribution in [3.63, 3.8) is 0 Å². The first-order chi connectivity index (χ1) is 9.74. The van der Waals surface area contributed by atoms with Gasteiger partial charge in [-0.2, -0.15) is 0 Å². The molecule has 0 bridgehead atoms. The van der Waals surface area contributed by atoms with Gasteiger partial charge in [0.05, 0.1) is 10.9 Å². The molecule has 2 heterocycles. The first-order valence-electron chi connectivity index (χ1n) is 6.82. The number of rotatable bonds is 1. The summed E-state index contributed by atoms with van der Waals surface area (Å²) in [5.41, 5.74) is 0.674. The molecule has 2 aliphatic rings. The normalized spacial score (nSPS) is 18.0. The summed E-state index contributed by atoms with van der Waals surface area (Å²) < 4.78 is 12.9. The molecule has 104 valence electrons. The van der Waals surface area contributed by atoms with Crippen LogP contribution in [0.15, 0.2) is 16.9 Å². The zero-order valence-corrected chi connectivity index (χ0v) is 11.7. The maximum absolute atomic E-state index is 12.7. The topological polar surface area (TPSA) is 56.2 Å². The molecule has 6 heteroatoms. The Hall–Kier alpha value is -1.82. The predicted molar refractivity (Wildman–Crippen MR) is 77.0 cm³/mol. The van der Waals surface area contributed by atoms with E-state index in [1.54, 1.807) is 16.7 Å². The van der Waals surface area contributed by atoms with E-state index in [1.807, 2.05) is 0 Å². The fraction of sp³-hybridized carbons (Fsp3) is 0.429. The summed E-state index contributed by atoms with van der Waals surface area (Å²) >= 11 is 5.37. The number of aromatic nitrogens is 2. The molecular weight excluding hydrogens is 276 g/mol. The highest BCUT2D eigenvalue weighted by molar-refractivity contribution is 7.71. The number of ether oxygens (including phenoxy) is 2. The monoisotopic (exact) mass is 290 g/mol. The Morgan fingerprint density at radius 1 is 1.20 bits per heavy atom. The van der Waals surface area contributed by atoms with Crippen molar-refractivity contribution in [3.05, 3.63) is 27.3 Å². The van der Waals surface area contributed by atoms with Crippen LogP contribution in [0.25, 0.3) is 10.9 Å². The van der Waals surface area contributed by atoms with E-state index in [0.29, 0.717) is 27.2 Å². The smallest absolute Gasteiger partial charge is 0.262 e. The second kappa shape index (κ2) is 4.34. The van der Waals surface area contributed by atoms with Gasteiger partial charge in [0.1, 0.15) is 0 Å². The molecule has 2 aromatic rings. The summed E-state index contributed by atoms with van der Waals surface area (Å²) in [6, 6.07) is 3.76. The number of nitrogens with one attached hydrogen (secondary N) is 1. The molecule has 5 nitrogen and oxygen atoms in total. The average molecular weight is 290 g/mol. The Balaban J connectivity index is 2.00. The van der Waals surface area contributed by atoms with Crippen molar-refractivity contribution in [1.82, 2.24) is 9.55 Å². The van der Waals surface area contributed by atoms with Gasteiger partial charge in [0.15, 0.2) is 16.3 Å². The third-order valence-corrected chi connectivity index (χ3v) is 4.41. The summed E-state index contributed by atoms with van der Waals surface area (Å²) in [6.45, 7) is 0.198. The average Bonchev–Trinajstić information content (AvgIpc) is 3.07. The van der Waals surface area contributed by atoms with Crippen LogP contribution in [0.2, 0.25) is 0 Å². The first kappa shape index (κ1) is 12.0. The molecule has 1 saturated carbocycles. The molecule has 20 heavy (non-hydrogen) atoms. The van der Waals surface area contributed by atoms with Gasteiger partial charge in [-0.25, -0.2) is 0 Å². The Labute approximate surface area is 120 Å². The van der Waals surface area contributed by atoms with Gasteiger partial charge in [0.25, 0.3) is 5.56 Å². The fourth-order valence-corrected chi connectivity index (χ4v) is 3.46. The summed E-state index contributed by atoms with van der Waals surface area (Å²) in [6.07, 6.45) is 4.36. The van der Waals surface area contributed by atoms with Crippen molar-refractivity contribution in [1.29, 1.82) is 0 Å². The van der Waals surface area contributed by atoms with Gasteiger partial charge in [-0.3, -0.25) is 9.36 Å². The molecule has 4 rings (SSSR count). The molecule has 1 fully saturated rings. The van der Waals surface area contributed by atoms with Crippen LogP contribution >= 0.6 is 12.2 Å². The van der Waals surface area contributed by atoms with Crippen LogP contribution < -0.4 is 15.0 Å². The summed E-state index contributed by atoms with van der Waals surface area (Å²) in [4.78, 5) is 15.9. The zero-order valence-electron chi connectivity index (χ0n) is 10.8. The van der Waals surface area contributed by atoms with Gasteiger partial charge in [-0.15, -0.1) is 0 Å². The molecule has 0 saturated heterocycles. The number of hydrogen-bond donors (Lipinski definition) is 1. The Kier molecular flexibility index (Phi) is 2.60. The van der Waals surface area contributed by atoms with E-state index in [9.17, 15) is 4.79 Å². The van der Waals surface area contributed by atoms with Crippen LogP contribution in [0.5, 0.6) is 11.5 Å². The number of hydrogen-bond acceptors (Lipinski definition) is 4. The third-order valence-electron chi connectivity index (χ3n) is 4.11. The number of benzene rings is 1. The molecule has 1 aliphatic carbocycles. The van der Waals surface area contributed by atoms with E-state index in [0.717, 1.165) is 25.7 Å². The third kappa shape index (κ3) is 1.67. The van der Waals surface area contributed by atoms with Gasteiger partial charge in [0.2, 0.25) is 6.79 Å². The minimum absolute atomic E-state index is 0.0334. The lowest BCUT2D eigenvalue weighted by atomic mass is 10.2. The molecule has 0 unspecified atom stereocenters. The first-order valence-corrected chi connectivity index (χ1v) is 7.23. The fourth-order valence-electron chi connectivity index (χ4n) is 3.11. The SMILES string of the molecule is O=c1c2cc3c(cc2[nH]c(=S)n1C1CCCC1)OCO3. The highest BCUT2D eigenvalue weighted by Crippen LogP contribution is 2.35. The van der Waals surface area contributed by atoms with Crippen LogP contribution in [0.4, 0.5) is 0 Å². The largest absolute Gasteiger partial charge is 0.454 e. The lowest BCUT2D eigenvalue weighted by Crippen LogP contribution is -2.25. The molecule has 0 spiro atoms. The van der Waals surface area contributed by atoms with Crippen LogP contribution in [-0.4, -0.2) is 16.3 Å². The maximum atomic E-state index is 12.7. The Morgan fingerprint density at radius 3 is 2.65 bits per heavy atom. The number of fused-ring (bicyclic) bond motifs is 2. The van der Waals surface area contributed by atoms with E-state index in [-0.39, 0.29) is 18.4 Å². The summed E-state index contributed by atoms with van der Waals surface area (Å²) in [7, 11) is 0. The second-order valence-corrected chi connectivity index (χ2v) is 5.68. The predicted octanol–water partition coefficient (Wildman–Crippen LogP) is 2.90. The van der Waals surface area contributed by atoms with Gasteiger partial charge in [0, 0.05) is 12.1 Å². The quantitative estimate of drug-likeness (QED) is 0.820. The number of aromatic amines is 1. The van der Waals surface area contributed by atoms with Crippen molar-refractivity contribution in [2.45, 2.75) is 31.7 Å².